The van der Waals surface area contributed by atoms with Crippen molar-refractivity contribution < 1.29 is 9.53 Å². The number of hydrogen-bond acceptors (Lipinski definition) is 2. The van der Waals surface area contributed by atoms with E-state index in [2.05, 4.69) is 19.9 Å². The predicted octanol–water partition coefficient (Wildman–Crippen LogP) is 4.00. The number of ether oxygens (including phenoxy) is 1. The second-order valence-electron chi connectivity index (χ2n) is 4.85. The van der Waals surface area contributed by atoms with Crippen molar-refractivity contribution in [2.24, 2.45) is 0 Å². The minimum Gasteiger partial charge on any atom is -0.370 e. The molecule has 0 fully saturated rings. The van der Waals surface area contributed by atoms with Gasteiger partial charge in [-0.05, 0) is 56.9 Å². The fourth-order valence-corrected chi connectivity index (χ4v) is 2.15. The fraction of sp³-hybridized carbons (Fsp3) is 0.562. The van der Waals surface area contributed by atoms with E-state index < -0.39 is 0 Å². The molecule has 0 bridgehead atoms. The standard InChI is InChI=1S/C16H24O2/c1-6-8-15(18-7-2)16(17)14-10-12(4)11(3)9-13(14)5/h9-10,15H,6-8H2,1-5H3. The minimum atomic E-state index is -0.291. The van der Waals surface area contributed by atoms with Gasteiger partial charge in [0.05, 0.1) is 0 Å². The number of benzene rings is 1. The Hall–Kier alpha value is -1.15. The molecule has 2 nitrogen and oxygen atoms in total. The summed E-state index contributed by atoms with van der Waals surface area (Å²) in [5.74, 6) is 0.124. The topological polar surface area (TPSA) is 26.3 Å². The number of carbonyl (C=O) groups is 1. The number of carbonyl (C=O) groups excluding carboxylic acids is 1. The van der Waals surface area contributed by atoms with Crippen LogP contribution in [0.1, 0.15) is 53.7 Å². The van der Waals surface area contributed by atoms with Crippen LogP contribution in [-0.2, 0) is 4.74 Å². The van der Waals surface area contributed by atoms with E-state index in [9.17, 15) is 4.79 Å². The summed E-state index contributed by atoms with van der Waals surface area (Å²) in [5, 5.41) is 0. The first-order valence-corrected chi connectivity index (χ1v) is 6.74. The number of hydrogen-bond donors (Lipinski definition) is 0. The highest BCUT2D eigenvalue weighted by molar-refractivity contribution is 6.01. The zero-order chi connectivity index (χ0) is 13.7. The molecule has 0 aliphatic heterocycles. The van der Waals surface area contributed by atoms with Gasteiger partial charge in [-0.1, -0.05) is 19.4 Å². The van der Waals surface area contributed by atoms with Crippen LogP contribution in [0.4, 0.5) is 0 Å². The lowest BCUT2D eigenvalue weighted by molar-refractivity contribution is 0.0422. The lowest BCUT2D eigenvalue weighted by Gasteiger charge is -2.17. The van der Waals surface area contributed by atoms with Crippen LogP contribution in [0.2, 0.25) is 0 Å². The Labute approximate surface area is 110 Å². The first-order chi connectivity index (χ1) is 8.51. The van der Waals surface area contributed by atoms with Crippen LogP contribution in [0.3, 0.4) is 0 Å². The van der Waals surface area contributed by atoms with Crippen LogP contribution in [0.25, 0.3) is 0 Å². The molecule has 1 atom stereocenters. The highest BCUT2D eigenvalue weighted by Gasteiger charge is 2.21. The van der Waals surface area contributed by atoms with Crippen molar-refractivity contribution in [2.45, 2.75) is 53.6 Å². The van der Waals surface area contributed by atoms with Gasteiger partial charge < -0.3 is 4.74 Å². The smallest absolute Gasteiger partial charge is 0.191 e. The molecule has 0 spiro atoms. The van der Waals surface area contributed by atoms with Crippen LogP contribution < -0.4 is 0 Å². The average Bonchev–Trinajstić information content (AvgIpc) is 2.33. The van der Waals surface area contributed by atoms with Crippen molar-refractivity contribution in [1.82, 2.24) is 0 Å². The Morgan fingerprint density at radius 1 is 1.11 bits per heavy atom. The molecule has 0 saturated heterocycles. The number of ketones is 1. The van der Waals surface area contributed by atoms with Crippen LogP contribution in [0, 0.1) is 20.8 Å². The van der Waals surface area contributed by atoms with E-state index in [0.717, 1.165) is 29.5 Å². The van der Waals surface area contributed by atoms with Gasteiger partial charge in [0.15, 0.2) is 5.78 Å². The van der Waals surface area contributed by atoms with Crippen molar-refractivity contribution in [1.29, 1.82) is 0 Å². The first-order valence-electron chi connectivity index (χ1n) is 6.74. The maximum atomic E-state index is 12.5. The Morgan fingerprint density at radius 2 is 1.72 bits per heavy atom. The highest BCUT2D eigenvalue weighted by atomic mass is 16.5. The van der Waals surface area contributed by atoms with Crippen LogP contribution in [0.5, 0.6) is 0 Å². The molecule has 0 amide bonds. The zero-order valence-corrected chi connectivity index (χ0v) is 12.2. The second-order valence-corrected chi connectivity index (χ2v) is 4.85. The molecule has 0 heterocycles. The first kappa shape index (κ1) is 14.9. The molecule has 1 aromatic rings. The van der Waals surface area contributed by atoms with E-state index in [1.807, 2.05) is 26.8 Å². The molecule has 0 N–H and O–H groups in total. The molecule has 0 aliphatic carbocycles. The van der Waals surface area contributed by atoms with Gasteiger partial charge in [0.1, 0.15) is 6.10 Å². The summed E-state index contributed by atoms with van der Waals surface area (Å²) < 4.78 is 5.57. The van der Waals surface area contributed by atoms with Crippen LogP contribution in [0.15, 0.2) is 12.1 Å². The SMILES string of the molecule is CCCC(OCC)C(=O)c1cc(C)c(C)cc1C. The molecule has 1 rings (SSSR count). The van der Waals surface area contributed by atoms with Gasteiger partial charge in [-0.2, -0.15) is 0 Å². The molecule has 1 unspecified atom stereocenters. The summed E-state index contributed by atoms with van der Waals surface area (Å²) in [7, 11) is 0. The molecule has 0 aliphatic rings. The third-order valence-electron chi connectivity index (χ3n) is 3.32. The summed E-state index contributed by atoms with van der Waals surface area (Å²) >= 11 is 0. The molecule has 100 valence electrons. The molecule has 0 saturated carbocycles. The number of Topliss-reactive ketones (excluding diaryl/α,β-unsaturated/α-hetero) is 1. The summed E-state index contributed by atoms with van der Waals surface area (Å²) in [6.07, 6.45) is 1.46. The quantitative estimate of drug-likeness (QED) is 0.711. The van der Waals surface area contributed by atoms with Crippen molar-refractivity contribution in [3.8, 4) is 0 Å². The van der Waals surface area contributed by atoms with Gasteiger partial charge in [0, 0.05) is 12.2 Å². The third kappa shape index (κ3) is 3.42. The van der Waals surface area contributed by atoms with Gasteiger partial charge in [-0.25, -0.2) is 0 Å². The molecule has 0 radical (unpaired) electrons. The molecular weight excluding hydrogens is 224 g/mol. The third-order valence-corrected chi connectivity index (χ3v) is 3.32. The second kappa shape index (κ2) is 6.69. The lowest BCUT2D eigenvalue weighted by atomic mass is 9.94. The molecule has 1 aromatic carbocycles. The molecule has 2 heteroatoms. The van der Waals surface area contributed by atoms with Crippen LogP contribution in [-0.4, -0.2) is 18.5 Å². The van der Waals surface area contributed by atoms with E-state index in [1.165, 1.54) is 5.56 Å². The normalized spacial score (nSPS) is 12.5. The highest BCUT2D eigenvalue weighted by Crippen LogP contribution is 2.19. The van der Waals surface area contributed by atoms with E-state index in [1.54, 1.807) is 0 Å². The fourth-order valence-electron chi connectivity index (χ4n) is 2.15. The Bertz CT molecular complexity index is 415. The van der Waals surface area contributed by atoms with Crippen molar-refractivity contribution in [3.05, 3.63) is 34.4 Å². The maximum Gasteiger partial charge on any atom is 0.191 e. The summed E-state index contributed by atoms with van der Waals surface area (Å²) in [6.45, 7) is 10.7. The van der Waals surface area contributed by atoms with E-state index >= 15 is 0 Å². The van der Waals surface area contributed by atoms with Crippen molar-refractivity contribution in [3.63, 3.8) is 0 Å². The summed E-state index contributed by atoms with van der Waals surface area (Å²) in [5.41, 5.74) is 4.25. The predicted molar refractivity (Wildman–Crippen MR) is 75.3 cm³/mol. The largest absolute Gasteiger partial charge is 0.370 e. The van der Waals surface area contributed by atoms with E-state index in [4.69, 9.17) is 4.74 Å². The zero-order valence-electron chi connectivity index (χ0n) is 12.2. The van der Waals surface area contributed by atoms with E-state index in [-0.39, 0.29) is 11.9 Å². The molecular formula is C16H24O2. The lowest BCUT2D eigenvalue weighted by Crippen LogP contribution is -2.25. The summed E-state index contributed by atoms with van der Waals surface area (Å²) in [4.78, 5) is 12.5. The Kier molecular flexibility index (Phi) is 5.54. The Balaban J connectivity index is 3.04. The monoisotopic (exact) mass is 248 g/mol. The van der Waals surface area contributed by atoms with Crippen molar-refractivity contribution >= 4 is 5.78 Å². The maximum absolute atomic E-state index is 12.5. The molecule has 18 heavy (non-hydrogen) atoms. The number of rotatable bonds is 6. The average molecular weight is 248 g/mol. The van der Waals surface area contributed by atoms with Gasteiger partial charge >= 0.3 is 0 Å². The number of aryl methyl sites for hydroxylation is 3. The minimum absolute atomic E-state index is 0.124. The van der Waals surface area contributed by atoms with Gasteiger partial charge in [-0.15, -0.1) is 0 Å². The van der Waals surface area contributed by atoms with E-state index in [0.29, 0.717) is 6.61 Å². The van der Waals surface area contributed by atoms with Gasteiger partial charge in [-0.3, -0.25) is 4.79 Å². The van der Waals surface area contributed by atoms with Crippen LogP contribution >= 0.6 is 0 Å². The van der Waals surface area contributed by atoms with Gasteiger partial charge in [0.25, 0.3) is 0 Å². The van der Waals surface area contributed by atoms with Gasteiger partial charge in [0.2, 0.25) is 0 Å². The van der Waals surface area contributed by atoms with Crippen molar-refractivity contribution in [2.75, 3.05) is 6.61 Å². The Morgan fingerprint density at radius 3 is 2.28 bits per heavy atom. The molecule has 0 aromatic heterocycles. The summed E-state index contributed by atoms with van der Waals surface area (Å²) in [6, 6.07) is 4.08.